The van der Waals surface area contributed by atoms with Crippen LogP contribution in [-0.4, -0.2) is 48.7 Å². The van der Waals surface area contributed by atoms with Gasteiger partial charge in [0.25, 0.3) is 0 Å². The molecule has 0 bridgehead atoms. The van der Waals surface area contributed by atoms with E-state index < -0.39 is 46.2 Å². The minimum absolute atomic E-state index is 0.0115. The molecule has 19 heavy (non-hydrogen) atoms. The smallest absolute Gasteiger partial charge is 0.395 e. The molecular weight excluding hydrogens is 289 g/mol. The molecule has 108 valence electrons. The maximum absolute atomic E-state index is 12.3. The second-order valence-electron chi connectivity index (χ2n) is 3.55. The van der Waals surface area contributed by atoms with Gasteiger partial charge in [-0.25, -0.2) is 8.42 Å². The Balaban J connectivity index is 3.21. The summed E-state index contributed by atoms with van der Waals surface area (Å²) in [6.07, 6.45) is -2.82. The minimum atomic E-state index is -4.77. The van der Waals surface area contributed by atoms with E-state index in [0.29, 0.717) is 0 Å². The lowest BCUT2D eigenvalue weighted by atomic mass is 10.5. The molecule has 0 saturated heterocycles. The first-order chi connectivity index (χ1) is 8.68. The number of nitrogens with zero attached hydrogens (tertiary/aromatic N) is 1. The summed E-state index contributed by atoms with van der Waals surface area (Å²) in [6, 6.07) is 0.887. The first-order valence-corrected chi connectivity index (χ1v) is 6.47. The van der Waals surface area contributed by atoms with Gasteiger partial charge in [-0.3, -0.25) is 4.79 Å². The van der Waals surface area contributed by atoms with E-state index in [1.54, 1.807) is 0 Å². The third-order valence-corrected chi connectivity index (χ3v) is 3.98. The standard InChI is InChI=1S/C9H11F3N2O4S/c10-9(11,12)6-14(3-4-15)19(17,18)8-5-13-2-1-7(8)16/h1-2,5,15H,3-4,6H2,(H,13,16). The Labute approximate surface area is 106 Å². The van der Waals surface area contributed by atoms with Crippen LogP contribution in [0.2, 0.25) is 0 Å². The number of hydrogen-bond acceptors (Lipinski definition) is 4. The van der Waals surface area contributed by atoms with Crippen molar-refractivity contribution in [1.82, 2.24) is 9.29 Å². The van der Waals surface area contributed by atoms with Crippen LogP contribution in [0.5, 0.6) is 0 Å². The fourth-order valence-electron chi connectivity index (χ4n) is 1.34. The molecule has 2 N–H and O–H groups in total. The van der Waals surface area contributed by atoms with Crippen molar-refractivity contribution in [1.29, 1.82) is 0 Å². The minimum Gasteiger partial charge on any atom is -0.395 e. The van der Waals surface area contributed by atoms with Crippen molar-refractivity contribution in [2.24, 2.45) is 0 Å². The zero-order valence-electron chi connectivity index (χ0n) is 9.51. The maximum atomic E-state index is 12.3. The number of aromatic nitrogens is 1. The van der Waals surface area contributed by atoms with Crippen molar-refractivity contribution in [3.63, 3.8) is 0 Å². The van der Waals surface area contributed by atoms with Crippen LogP contribution in [0.25, 0.3) is 0 Å². The molecule has 0 aliphatic heterocycles. The van der Waals surface area contributed by atoms with Crippen LogP contribution in [0.1, 0.15) is 0 Å². The predicted molar refractivity (Wildman–Crippen MR) is 59.0 cm³/mol. The molecule has 0 aliphatic carbocycles. The number of aromatic amines is 1. The summed E-state index contributed by atoms with van der Waals surface area (Å²) in [5.74, 6) is 0. The summed E-state index contributed by atoms with van der Waals surface area (Å²) in [7, 11) is -4.62. The largest absolute Gasteiger partial charge is 0.402 e. The molecular formula is C9H11F3N2O4S. The van der Waals surface area contributed by atoms with Crippen LogP contribution in [0.3, 0.4) is 0 Å². The van der Waals surface area contributed by atoms with Gasteiger partial charge in [0.15, 0.2) is 0 Å². The summed E-state index contributed by atoms with van der Waals surface area (Å²) in [5, 5.41) is 8.65. The predicted octanol–water partition coefficient (Wildman–Crippen LogP) is -0.0798. The van der Waals surface area contributed by atoms with E-state index in [1.165, 1.54) is 0 Å². The zero-order valence-corrected chi connectivity index (χ0v) is 10.3. The number of rotatable bonds is 5. The van der Waals surface area contributed by atoms with Crippen molar-refractivity contribution in [2.75, 3.05) is 19.7 Å². The maximum Gasteiger partial charge on any atom is 0.402 e. The van der Waals surface area contributed by atoms with E-state index in [1.807, 2.05) is 0 Å². The Morgan fingerprint density at radius 3 is 2.47 bits per heavy atom. The molecule has 0 radical (unpaired) electrons. The number of nitrogens with one attached hydrogen (secondary N) is 1. The summed E-state index contributed by atoms with van der Waals surface area (Å²) in [4.78, 5) is 12.9. The highest BCUT2D eigenvalue weighted by Gasteiger charge is 2.37. The molecule has 10 heteroatoms. The molecule has 1 aromatic heterocycles. The van der Waals surface area contributed by atoms with E-state index in [2.05, 4.69) is 4.98 Å². The van der Waals surface area contributed by atoms with Gasteiger partial charge < -0.3 is 10.1 Å². The Kier molecular flexibility index (Phi) is 4.71. The summed E-state index contributed by atoms with van der Waals surface area (Å²) >= 11 is 0. The van der Waals surface area contributed by atoms with E-state index in [9.17, 15) is 26.4 Å². The molecule has 0 spiro atoms. The number of pyridine rings is 1. The number of aliphatic hydroxyl groups is 1. The summed E-state index contributed by atoms with van der Waals surface area (Å²) < 4.78 is 60.7. The van der Waals surface area contributed by atoms with Gasteiger partial charge in [0, 0.05) is 25.0 Å². The average Bonchev–Trinajstić information content (AvgIpc) is 2.27. The molecule has 0 amide bonds. The van der Waals surface area contributed by atoms with E-state index in [0.717, 1.165) is 18.5 Å². The highest BCUT2D eigenvalue weighted by atomic mass is 32.2. The fraction of sp³-hybridized carbons (Fsp3) is 0.444. The highest BCUT2D eigenvalue weighted by Crippen LogP contribution is 2.20. The number of sulfonamides is 1. The first kappa shape index (κ1) is 15.7. The van der Waals surface area contributed by atoms with Gasteiger partial charge in [-0.15, -0.1) is 0 Å². The molecule has 6 nitrogen and oxygen atoms in total. The second kappa shape index (κ2) is 5.72. The van der Waals surface area contributed by atoms with Gasteiger partial charge >= 0.3 is 6.18 Å². The van der Waals surface area contributed by atoms with Crippen molar-refractivity contribution < 1.29 is 26.7 Å². The van der Waals surface area contributed by atoms with Crippen LogP contribution >= 0.6 is 0 Å². The number of H-pyrrole nitrogens is 1. The van der Waals surface area contributed by atoms with E-state index >= 15 is 0 Å². The highest BCUT2D eigenvalue weighted by molar-refractivity contribution is 7.89. The van der Waals surface area contributed by atoms with Gasteiger partial charge in [0.05, 0.1) is 6.61 Å². The Bertz CT molecular complexity index is 582. The Morgan fingerprint density at radius 1 is 1.37 bits per heavy atom. The molecule has 1 rings (SSSR count). The van der Waals surface area contributed by atoms with Gasteiger partial charge in [0.1, 0.15) is 11.4 Å². The summed E-state index contributed by atoms with van der Waals surface area (Å²) in [5.41, 5.74) is -0.927. The van der Waals surface area contributed by atoms with Crippen molar-refractivity contribution >= 4 is 10.0 Å². The lowest BCUT2D eigenvalue weighted by Gasteiger charge is -2.21. The van der Waals surface area contributed by atoms with Gasteiger partial charge in [-0.2, -0.15) is 17.5 Å². The quantitative estimate of drug-likeness (QED) is 0.796. The molecule has 0 aromatic carbocycles. The molecule has 0 fully saturated rings. The Morgan fingerprint density at radius 2 is 2.00 bits per heavy atom. The van der Waals surface area contributed by atoms with Gasteiger partial charge in [-0.1, -0.05) is 0 Å². The van der Waals surface area contributed by atoms with Gasteiger partial charge in [0.2, 0.25) is 15.5 Å². The molecule has 1 heterocycles. The van der Waals surface area contributed by atoms with E-state index in [-0.39, 0.29) is 4.31 Å². The topological polar surface area (TPSA) is 90.5 Å². The molecule has 0 saturated carbocycles. The van der Waals surface area contributed by atoms with Crippen molar-refractivity contribution in [2.45, 2.75) is 11.1 Å². The monoisotopic (exact) mass is 300 g/mol. The molecule has 0 unspecified atom stereocenters. The third kappa shape index (κ3) is 4.04. The second-order valence-corrected chi connectivity index (χ2v) is 5.46. The number of alkyl halides is 3. The third-order valence-electron chi connectivity index (χ3n) is 2.11. The van der Waals surface area contributed by atoms with Crippen LogP contribution in [0, 0.1) is 0 Å². The van der Waals surface area contributed by atoms with Crippen LogP contribution in [0.15, 0.2) is 28.2 Å². The number of aliphatic hydroxyl groups excluding tert-OH is 1. The molecule has 1 aromatic rings. The Hall–Kier alpha value is -1.39. The first-order valence-electron chi connectivity index (χ1n) is 5.03. The molecule has 0 atom stereocenters. The summed E-state index contributed by atoms with van der Waals surface area (Å²) in [6.45, 7) is -3.32. The molecule has 0 aliphatic rings. The fourth-order valence-corrected chi connectivity index (χ4v) is 2.79. The number of hydrogen-bond donors (Lipinski definition) is 2. The lowest BCUT2D eigenvalue weighted by molar-refractivity contribution is -0.136. The van der Waals surface area contributed by atoms with Crippen molar-refractivity contribution in [3.8, 4) is 0 Å². The average molecular weight is 300 g/mol. The van der Waals surface area contributed by atoms with Crippen molar-refractivity contribution in [3.05, 3.63) is 28.7 Å². The van der Waals surface area contributed by atoms with Crippen LogP contribution in [-0.2, 0) is 10.0 Å². The SMILES string of the molecule is O=c1cc[nH]cc1S(=O)(=O)N(CCO)CC(F)(F)F. The lowest BCUT2D eigenvalue weighted by Crippen LogP contribution is -2.42. The number of halogens is 3. The normalized spacial score (nSPS) is 12.9. The van der Waals surface area contributed by atoms with Crippen LogP contribution < -0.4 is 5.43 Å². The van der Waals surface area contributed by atoms with E-state index in [4.69, 9.17) is 5.11 Å². The van der Waals surface area contributed by atoms with Crippen LogP contribution in [0.4, 0.5) is 13.2 Å². The zero-order chi connectivity index (χ0) is 14.7. The van der Waals surface area contributed by atoms with Gasteiger partial charge in [-0.05, 0) is 0 Å².